The quantitative estimate of drug-likeness (QED) is 0.778. The summed E-state index contributed by atoms with van der Waals surface area (Å²) >= 11 is 0. The highest BCUT2D eigenvalue weighted by Crippen LogP contribution is 2.24. The molecule has 1 aromatic heterocycles. The van der Waals surface area contributed by atoms with Gasteiger partial charge in [-0.2, -0.15) is 0 Å². The lowest BCUT2D eigenvalue weighted by molar-refractivity contribution is -0.139. The number of hydrogen-bond donors (Lipinski definition) is 2. The number of hydrogen-bond acceptors (Lipinski definition) is 3. The molecule has 22 heavy (non-hydrogen) atoms. The third-order valence-electron chi connectivity index (χ3n) is 3.47. The molecular formula is C17H20FNO3. The van der Waals surface area contributed by atoms with Crippen LogP contribution in [-0.2, 0) is 11.3 Å². The van der Waals surface area contributed by atoms with E-state index in [1.165, 1.54) is 6.07 Å². The molecule has 1 aromatic carbocycles. The molecule has 0 aliphatic carbocycles. The molecule has 0 spiro atoms. The lowest BCUT2D eigenvalue weighted by Gasteiger charge is -2.12. The third kappa shape index (κ3) is 4.18. The van der Waals surface area contributed by atoms with E-state index >= 15 is 0 Å². The summed E-state index contributed by atoms with van der Waals surface area (Å²) in [6.45, 7) is 2.32. The van der Waals surface area contributed by atoms with Crippen molar-refractivity contribution in [3.8, 4) is 11.3 Å². The van der Waals surface area contributed by atoms with Gasteiger partial charge in [0.25, 0.3) is 0 Å². The second-order valence-electron chi connectivity index (χ2n) is 5.16. The van der Waals surface area contributed by atoms with Crippen LogP contribution in [0.2, 0.25) is 0 Å². The summed E-state index contributed by atoms with van der Waals surface area (Å²) in [6, 6.07) is 9.21. The summed E-state index contributed by atoms with van der Waals surface area (Å²) in [5.41, 5.74) is 0.398. The van der Waals surface area contributed by atoms with Crippen molar-refractivity contribution in [1.82, 2.24) is 5.32 Å². The van der Waals surface area contributed by atoms with Gasteiger partial charge in [0, 0.05) is 0 Å². The minimum absolute atomic E-state index is 0.301. The molecule has 0 aliphatic heterocycles. The van der Waals surface area contributed by atoms with Gasteiger partial charge in [0.1, 0.15) is 23.4 Å². The number of rotatable bonds is 8. The van der Waals surface area contributed by atoms with Crippen LogP contribution in [0, 0.1) is 5.82 Å². The van der Waals surface area contributed by atoms with Gasteiger partial charge in [0.2, 0.25) is 0 Å². The van der Waals surface area contributed by atoms with Gasteiger partial charge in [-0.3, -0.25) is 10.1 Å². The van der Waals surface area contributed by atoms with Gasteiger partial charge in [0.15, 0.2) is 0 Å². The Labute approximate surface area is 129 Å². The van der Waals surface area contributed by atoms with Crippen LogP contribution in [0.1, 0.15) is 31.9 Å². The standard InChI is InChI=1S/C17H20FNO3/c1-2-3-8-15(17(20)21)19-11-12-9-10-16(22-12)13-6-4-5-7-14(13)18/h4-7,9-10,15,19H,2-3,8,11H2,1H3,(H,20,21). The molecule has 0 aliphatic rings. The molecule has 118 valence electrons. The average molecular weight is 305 g/mol. The maximum Gasteiger partial charge on any atom is 0.320 e. The van der Waals surface area contributed by atoms with E-state index in [1.54, 1.807) is 30.3 Å². The topological polar surface area (TPSA) is 62.5 Å². The number of aliphatic carboxylic acids is 1. The number of benzene rings is 1. The highest BCUT2D eigenvalue weighted by atomic mass is 19.1. The van der Waals surface area contributed by atoms with E-state index in [2.05, 4.69) is 5.32 Å². The van der Waals surface area contributed by atoms with Crippen molar-refractivity contribution in [1.29, 1.82) is 0 Å². The van der Waals surface area contributed by atoms with Crippen LogP contribution in [0.3, 0.4) is 0 Å². The fourth-order valence-electron chi connectivity index (χ4n) is 2.22. The fraction of sp³-hybridized carbons (Fsp3) is 0.353. The zero-order chi connectivity index (χ0) is 15.9. The number of carboxylic acids is 1. The number of halogens is 1. The molecule has 1 atom stereocenters. The number of carbonyl (C=O) groups is 1. The van der Waals surface area contributed by atoms with Crippen LogP contribution in [0.4, 0.5) is 4.39 Å². The summed E-state index contributed by atoms with van der Waals surface area (Å²) in [6.07, 6.45) is 2.37. The Hall–Kier alpha value is -2.14. The van der Waals surface area contributed by atoms with Crippen molar-refractivity contribution >= 4 is 5.97 Å². The Kier molecular flexibility index (Phi) is 5.72. The molecule has 0 amide bonds. The highest BCUT2D eigenvalue weighted by Gasteiger charge is 2.17. The second kappa shape index (κ2) is 7.75. The SMILES string of the molecule is CCCCC(NCc1ccc(-c2ccccc2F)o1)C(=O)O. The lowest BCUT2D eigenvalue weighted by Crippen LogP contribution is -2.36. The van der Waals surface area contributed by atoms with Gasteiger partial charge in [-0.25, -0.2) is 4.39 Å². The molecule has 4 nitrogen and oxygen atoms in total. The van der Waals surface area contributed by atoms with Gasteiger partial charge in [0.05, 0.1) is 12.1 Å². The normalized spacial score (nSPS) is 12.3. The number of nitrogens with one attached hydrogen (secondary N) is 1. The first-order valence-electron chi connectivity index (χ1n) is 7.41. The zero-order valence-corrected chi connectivity index (χ0v) is 12.5. The first-order valence-corrected chi connectivity index (χ1v) is 7.41. The van der Waals surface area contributed by atoms with Gasteiger partial charge in [-0.1, -0.05) is 31.9 Å². The van der Waals surface area contributed by atoms with Gasteiger partial charge < -0.3 is 9.52 Å². The Bertz CT molecular complexity index is 624. The van der Waals surface area contributed by atoms with Crippen LogP contribution in [0.5, 0.6) is 0 Å². The summed E-state index contributed by atoms with van der Waals surface area (Å²) in [4.78, 5) is 11.2. The molecule has 0 saturated carbocycles. The van der Waals surface area contributed by atoms with Crippen molar-refractivity contribution in [2.45, 2.75) is 38.8 Å². The van der Waals surface area contributed by atoms with Crippen LogP contribution in [0.15, 0.2) is 40.8 Å². The predicted octanol–water partition coefficient (Wildman–Crippen LogP) is 3.82. The number of furan rings is 1. The van der Waals surface area contributed by atoms with E-state index in [4.69, 9.17) is 9.52 Å². The van der Waals surface area contributed by atoms with Crippen LogP contribution in [0.25, 0.3) is 11.3 Å². The Balaban J connectivity index is 2.00. The minimum Gasteiger partial charge on any atom is -0.480 e. The molecule has 1 heterocycles. The fourth-order valence-corrected chi connectivity index (χ4v) is 2.22. The smallest absolute Gasteiger partial charge is 0.320 e. The van der Waals surface area contributed by atoms with Crippen molar-refractivity contribution in [2.24, 2.45) is 0 Å². The predicted molar refractivity (Wildman–Crippen MR) is 81.9 cm³/mol. The summed E-state index contributed by atoms with van der Waals surface area (Å²) in [5.74, 6) is -0.187. The molecule has 2 N–H and O–H groups in total. The largest absolute Gasteiger partial charge is 0.480 e. The van der Waals surface area contributed by atoms with E-state index in [0.29, 0.717) is 30.0 Å². The maximum atomic E-state index is 13.7. The summed E-state index contributed by atoms with van der Waals surface area (Å²) in [7, 11) is 0. The van der Waals surface area contributed by atoms with Crippen molar-refractivity contribution in [3.05, 3.63) is 48.0 Å². The monoisotopic (exact) mass is 305 g/mol. The molecule has 0 radical (unpaired) electrons. The first kappa shape index (κ1) is 16.2. The average Bonchev–Trinajstić information content (AvgIpc) is 2.96. The maximum absolute atomic E-state index is 13.7. The van der Waals surface area contributed by atoms with Crippen molar-refractivity contribution in [2.75, 3.05) is 0 Å². The zero-order valence-electron chi connectivity index (χ0n) is 12.5. The van der Waals surface area contributed by atoms with Gasteiger partial charge in [-0.05, 0) is 30.7 Å². The molecule has 5 heteroatoms. The lowest BCUT2D eigenvalue weighted by atomic mass is 10.1. The van der Waals surface area contributed by atoms with E-state index in [0.717, 1.165) is 12.8 Å². The molecule has 1 unspecified atom stereocenters. The highest BCUT2D eigenvalue weighted by molar-refractivity contribution is 5.73. The van der Waals surface area contributed by atoms with E-state index in [9.17, 15) is 9.18 Å². The molecule has 0 bridgehead atoms. The number of unbranched alkanes of at least 4 members (excludes halogenated alkanes) is 1. The van der Waals surface area contributed by atoms with Crippen LogP contribution < -0.4 is 5.32 Å². The molecule has 0 saturated heterocycles. The van der Waals surface area contributed by atoms with E-state index < -0.39 is 12.0 Å². The Morgan fingerprint density at radius 2 is 2.09 bits per heavy atom. The summed E-state index contributed by atoms with van der Waals surface area (Å²) in [5, 5.41) is 12.1. The molecule has 0 fully saturated rings. The van der Waals surface area contributed by atoms with Gasteiger partial charge in [-0.15, -0.1) is 0 Å². The van der Waals surface area contributed by atoms with Crippen LogP contribution in [-0.4, -0.2) is 17.1 Å². The molecule has 2 rings (SSSR count). The minimum atomic E-state index is -0.866. The first-order chi connectivity index (χ1) is 10.6. The van der Waals surface area contributed by atoms with E-state index in [1.807, 2.05) is 6.92 Å². The Morgan fingerprint density at radius 3 is 2.77 bits per heavy atom. The number of carboxylic acid groups (broad SMARTS) is 1. The van der Waals surface area contributed by atoms with Gasteiger partial charge >= 0.3 is 5.97 Å². The summed E-state index contributed by atoms with van der Waals surface area (Å²) < 4.78 is 19.3. The molecular weight excluding hydrogens is 285 g/mol. The Morgan fingerprint density at radius 1 is 1.32 bits per heavy atom. The second-order valence-corrected chi connectivity index (χ2v) is 5.16. The third-order valence-corrected chi connectivity index (χ3v) is 3.47. The van der Waals surface area contributed by atoms with Crippen molar-refractivity contribution < 1.29 is 18.7 Å². The van der Waals surface area contributed by atoms with E-state index in [-0.39, 0.29) is 5.82 Å². The molecule has 2 aromatic rings. The van der Waals surface area contributed by atoms with Crippen molar-refractivity contribution in [3.63, 3.8) is 0 Å². The van der Waals surface area contributed by atoms with Crippen LogP contribution >= 0.6 is 0 Å².